The number of benzene rings is 1. The van der Waals surface area contributed by atoms with E-state index in [1.807, 2.05) is 12.1 Å². The second-order valence-electron chi connectivity index (χ2n) is 3.32. The third-order valence-corrected chi connectivity index (χ3v) is 2.52. The molecule has 0 aliphatic carbocycles. The number of hydrogen-bond acceptors (Lipinski definition) is 3. The highest BCUT2D eigenvalue weighted by Gasteiger charge is 2.05. The van der Waals surface area contributed by atoms with E-state index < -0.39 is 5.82 Å². The summed E-state index contributed by atoms with van der Waals surface area (Å²) in [6.07, 6.45) is 1.03. The molecule has 0 fully saturated rings. The molecule has 2 aromatic rings. The summed E-state index contributed by atoms with van der Waals surface area (Å²) in [6, 6.07) is 7.22. The van der Waals surface area contributed by atoms with Crippen LogP contribution in [0.25, 0.3) is 0 Å². The highest BCUT2D eigenvalue weighted by atomic mass is 35.5. The molecule has 6 heteroatoms. The minimum absolute atomic E-state index is 0.00464. The van der Waals surface area contributed by atoms with Gasteiger partial charge in [0.1, 0.15) is 0 Å². The van der Waals surface area contributed by atoms with Crippen LogP contribution >= 0.6 is 23.2 Å². The molecule has 0 saturated heterocycles. The normalized spacial score (nSPS) is 10.3. The minimum Gasteiger partial charge on any atom is -0.363 e. The maximum absolute atomic E-state index is 13.3. The zero-order valence-electron chi connectivity index (χ0n) is 8.62. The van der Waals surface area contributed by atoms with Gasteiger partial charge in [-0.2, -0.15) is 4.98 Å². The number of aromatic nitrogens is 2. The van der Waals surface area contributed by atoms with Crippen molar-refractivity contribution < 1.29 is 4.39 Å². The second-order valence-corrected chi connectivity index (χ2v) is 4.09. The molecular formula is C11H8Cl2FN3. The summed E-state index contributed by atoms with van der Waals surface area (Å²) in [5, 5.41) is 3.50. The van der Waals surface area contributed by atoms with Gasteiger partial charge in [-0.05, 0) is 29.3 Å². The Bertz CT molecular complexity index is 517. The van der Waals surface area contributed by atoms with Gasteiger partial charge in [-0.1, -0.05) is 23.7 Å². The Hall–Kier alpha value is -1.39. The maximum atomic E-state index is 13.3. The number of hydrogen-bond donors (Lipinski definition) is 1. The monoisotopic (exact) mass is 271 g/mol. The zero-order chi connectivity index (χ0) is 12.3. The van der Waals surface area contributed by atoms with Crippen LogP contribution in [-0.2, 0) is 6.54 Å². The average Bonchev–Trinajstić information content (AvgIpc) is 2.32. The van der Waals surface area contributed by atoms with Crippen molar-refractivity contribution >= 4 is 29.0 Å². The molecule has 1 N–H and O–H groups in total. The molecule has 3 nitrogen and oxygen atoms in total. The first kappa shape index (κ1) is 12.1. The summed E-state index contributed by atoms with van der Waals surface area (Å²) in [4.78, 5) is 7.28. The largest absolute Gasteiger partial charge is 0.363 e. The van der Waals surface area contributed by atoms with Crippen molar-refractivity contribution in [1.82, 2.24) is 9.97 Å². The van der Waals surface area contributed by atoms with Crippen LogP contribution in [0.2, 0.25) is 10.3 Å². The van der Waals surface area contributed by atoms with Gasteiger partial charge in [0, 0.05) is 11.6 Å². The van der Waals surface area contributed by atoms with Gasteiger partial charge in [0.15, 0.2) is 11.6 Å². The van der Waals surface area contributed by atoms with Gasteiger partial charge in [-0.25, -0.2) is 9.37 Å². The van der Waals surface area contributed by atoms with E-state index in [-0.39, 0.29) is 11.1 Å². The lowest BCUT2D eigenvalue weighted by Crippen LogP contribution is -2.04. The van der Waals surface area contributed by atoms with Gasteiger partial charge in [0.05, 0.1) is 6.20 Å². The molecule has 0 atom stereocenters. The molecule has 88 valence electrons. The topological polar surface area (TPSA) is 37.8 Å². The lowest BCUT2D eigenvalue weighted by atomic mass is 10.2. The number of rotatable bonds is 3. The third-order valence-electron chi connectivity index (χ3n) is 2.09. The molecule has 1 aromatic heterocycles. The average molecular weight is 272 g/mol. The van der Waals surface area contributed by atoms with Crippen LogP contribution in [0.5, 0.6) is 0 Å². The molecule has 1 aromatic carbocycles. The molecule has 0 spiro atoms. The molecule has 17 heavy (non-hydrogen) atoms. The Morgan fingerprint density at radius 3 is 2.59 bits per heavy atom. The SMILES string of the molecule is Fc1cnc(Cl)nc1NCc1ccc(Cl)cc1. The first-order chi connectivity index (χ1) is 8.15. The quantitative estimate of drug-likeness (QED) is 0.868. The van der Waals surface area contributed by atoms with Gasteiger partial charge in [0.2, 0.25) is 5.28 Å². The van der Waals surface area contributed by atoms with Crippen LogP contribution in [0.3, 0.4) is 0 Å². The van der Waals surface area contributed by atoms with Crippen molar-refractivity contribution in [2.75, 3.05) is 5.32 Å². The number of anilines is 1. The van der Waals surface area contributed by atoms with E-state index in [0.717, 1.165) is 11.8 Å². The van der Waals surface area contributed by atoms with Crippen molar-refractivity contribution in [3.05, 3.63) is 52.1 Å². The Labute approximate surface area is 108 Å². The molecule has 0 radical (unpaired) electrons. The number of nitrogens with one attached hydrogen (secondary N) is 1. The van der Waals surface area contributed by atoms with E-state index in [2.05, 4.69) is 15.3 Å². The van der Waals surface area contributed by atoms with Gasteiger partial charge >= 0.3 is 0 Å². The van der Waals surface area contributed by atoms with E-state index in [0.29, 0.717) is 11.6 Å². The summed E-state index contributed by atoms with van der Waals surface area (Å²) in [6.45, 7) is 0.432. The van der Waals surface area contributed by atoms with E-state index in [4.69, 9.17) is 23.2 Å². The standard InChI is InChI=1S/C11H8Cl2FN3/c12-8-3-1-7(2-4-8)5-15-10-9(14)6-16-11(13)17-10/h1-4,6H,5H2,(H,15,16,17). The van der Waals surface area contributed by atoms with Crippen molar-refractivity contribution in [2.45, 2.75) is 6.54 Å². The highest BCUT2D eigenvalue weighted by Crippen LogP contribution is 2.14. The second kappa shape index (κ2) is 5.29. The Morgan fingerprint density at radius 2 is 1.88 bits per heavy atom. The van der Waals surface area contributed by atoms with Crippen molar-refractivity contribution in [3.63, 3.8) is 0 Å². The van der Waals surface area contributed by atoms with Crippen LogP contribution in [0.4, 0.5) is 10.2 Å². The molecule has 0 unspecified atom stereocenters. The summed E-state index contributed by atoms with van der Waals surface area (Å²) >= 11 is 11.3. The van der Waals surface area contributed by atoms with Crippen LogP contribution in [0, 0.1) is 5.82 Å². The van der Waals surface area contributed by atoms with E-state index >= 15 is 0 Å². The molecule has 0 saturated carbocycles. The van der Waals surface area contributed by atoms with Crippen LogP contribution in [-0.4, -0.2) is 9.97 Å². The molecule has 0 aliphatic rings. The Kier molecular flexibility index (Phi) is 3.76. The Morgan fingerprint density at radius 1 is 1.18 bits per heavy atom. The highest BCUT2D eigenvalue weighted by molar-refractivity contribution is 6.30. The third kappa shape index (κ3) is 3.28. The fourth-order valence-corrected chi connectivity index (χ4v) is 1.52. The van der Waals surface area contributed by atoms with Gasteiger partial charge < -0.3 is 5.32 Å². The first-order valence-corrected chi connectivity index (χ1v) is 5.57. The summed E-state index contributed by atoms with van der Waals surface area (Å²) in [5.41, 5.74) is 0.962. The zero-order valence-corrected chi connectivity index (χ0v) is 10.1. The summed E-state index contributed by atoms with van der Waals surface area (Å²) in [5.74, 6) is -0.455. The lowest BCUT2D eigenvalue weighted by molar-refractivity contribution is 0.616. The van der Waals surface area contributed by atoms with Crippen LogP contribution in [0.1, 0.15) is 5.56 Å². The molecule has 0 aliphatic heterocycles. The lowest BCUT2D eigenvalue weighted by Gasteiger charge is -2.06. The molecule has 0 bridgehead atoms. The molecule has 0 amide bonds. The van der Waals surface area contributed by atoms with Gasteiger partial charge in [0.25, 0.3) is 0 Å². The first-order valence-electron chi connectivity index (χ1n) is 4.81. The number of halogens is 3. The van der Waals surface area contributed by atoms with Crippen LogP contribution in [0.15, 0.2) is 30.5 Å². The summed E-state index contributed by atoms with van der Waals surface area (Å²) in [7, 11) is 0. The fourth-order valence-electron chi connectivity index (χ4n) is 1.26. The smallest absolute Gasteiger partial charge is 0.224 e. The van der Waals surface area contributed by atoms with Crippen LogP contribution < -0.4 is 5.32 Å². The number of nitrogens with zero attached hydrogens (tertiary/aromatic N) is 2. The predicted molar refractivity (Wildman–Crippen MR) is 65.8 cm³/mol. The predicted octanol–water partition coefficient (Wildman–Crippen LogP) is 3.53. The van der Waals surface area contributed by atoms with E-state index in [1.165, 1.54) is 0 Å². The maximum Gasteiger partial charge on any atom is 0.224 e. The van der Waals surface area contributed by atoms with E-state index in [1.54, 1.807) is 12.1 Å². The summed E-state index contributed by atoms with van der Waals surface area (Å²) < 4.78 is 13.3. The van der Waals surface area contributed by atoms with Crippen molar-refractivity contribution in [1.29, 1.82) is 0 Å². The van der Waals surface area contributed by atoms with E-state index in [9.17, 15) is 4.39 Å². The molecule has 2 rings (SSSR count). The van der Waals surface area contributed by atoms with Gasteiger partial charge in [-0.15, -0.1) is 0 Å². The molecular weight excluding hydrogens is 264 g/mol. The Balaban J connectivity index is 2.07. The van der Waals surface area contributed by atoms with Crippen molar-refractivity contribution in [2.24, 2.45) is 0 Å². The van der Waals surface area contributed by atoms with Gasteiger partial charge in [-0.3, -0.25) is 0 Å². The van der Waals surface area contributed by atoms with Crippen molar-refractivity contribution in [3.8, 4) is 0 Å². The fraction of sp³-hybridized carbons (Fsp3) is 0.0909. The molecule has 1 heterocycles. The minimum atomic E-state index is -0.539.